The minimum Gasteiger partial charge on any atom is -0.323 e. The summed E-state index contributed by atoms with van der Waals surface area (Å²) < 4.78 is 2.23. The lowest BCUT2D eigenvalue weighted by molar-refractivity contribution is 0.801. The summed E-state index contributed by atoms with van der Waals surface area (Å²) in [5, 5.41) is 0. The number of rotatable bonds is 5. The highest BCUT2D eigenvalue weighted by atomic mass is 35.5. The second kappa shape index (κ2) is 7.34. The van der Waals surface area contributed by atoms with E-state index in [0.29, 0.717) is 0 Å². The Morgan fingerprint density at radius 2 is 1.76 bits per heavy atom. The smallest absolute Gasteiger partial charge is 0.120 e. The van der Waals surface area contributed by atoms with E-state index in [1.165, 1.54) is 10.4 Å². The summed E-state index contributed by atoms with van der Waals surface area (Å²) in [5.41, 5.74) is 2.23. The quantitative estimate of drug-likeness (QED) is 0.490. The molecule has 108 valence electrons. The maximum absolute atomic E-state index is 4.74. The van der Waals surface area contributed by atoms with Crippen LogP contribution in [0.25, 0.3) is 11.0 Å². The van der Waals surface area contributed by atoms with Gasteiger partial charge in [-0.25, -0.2) is 4.98 Å². The molecule has 0 radical (unpaired) electrons. The topological polar surface area (TPSA) is 17.8 Å². The molecular weight excluding hydrogens is 300 g/mol. The van der Waals surface area contributed by atoms with Crippen LogP contribution in [0.3, 0.4) is 0 Å². The van der Waals surface area contributed by atoms with E-state index >= 15 is 0 Å². The first-order valence-electron chi connectivity index (χ1n) is 6.61. The molecule has 0 saturated carbocycles. The number of fused-ring (bicyclic) bond motifs is 1. The zero-order valence-electron chi connectivity index (χ0n) is 11.6. The molecule has 3 aromatic rings. The van der Waals surface area contributed by atoms with Crippen LogP contribution in [0.1, 0.15) is 5.82 Å². The van der Waals surface area contributed by atoms with E-state index in [2.05, 4.69) is 53.6 Å². The fourth-order valence-corrected chi connectivity index (χ4v) is 3.10. The number of aromatic nitrogens is 2. The second-order valence-corrected chi connectivity index (χ2v) is 5.57. The molecular formula is C17H17ClN2S. The summed E-state index contributed by atoms with van der Waals surface area (Å²) in [6.07, 6.45) is 1.92. The van der Waals surface area contributed by atoms with Gasteiger partial charge < -0.3 is 4.57 Å². The number of para-hydroxylation sites is 2. The number of imidazole rings is 1. The Morgan fingerprint density at radius 1 is 1.05 bits per heavy atom. The summed E-state index contributed by atoms with van der Waals surface area (Å²) in [7, 11) is 0. The number of nitrogens with zero attached hydrogens (tertiary/aromatic N) is 2. The van der Waals surface area contributed by atoms with Gasteiger partial charge in [0.15, 0.2) is 0 Å². The van der Waals surface area contributed by atoms with Crippen LogP contribution in [0, 0.1) is 0 Å². The van der Waals surface area contributed by atoms with Crippen LogP contribution >= 0.6 is 24.2 Å². The first-order valence-corrected chi connectivity index (χ1v) is 7.60. The molecule has 0 aliphatic heterocycles. The molecule has 4 heteroatoms. The number of hydrogen-bond donors (Lipinski definition) is 0. The van der Waals surface area contributed by atoms with Crippen molar-refractivity contribution in [2.24, 2.45) is 0 Å². The molecule has 0 N–H and O–H groups in total. The molecule has 0 aliphatic carbocycles. The van der Waals surface area contributed by atoms with Gasteiger partial charge in [-0.15, -0.1) is 30.7 Å². The average molecular weight is 317 g/mol. The minimum atomic E-state index is 0. The SMILES string of the molecule is C=CCn1c(CSc2ccccc2)nc2ccccc21.Cl. The van der Waals surface area contributed by atoms with Gasteiger partial charge >= 0.3 is 0 Å². The number of halogens is 1. The van der Waals surface area contributed by atoms with E-state index in [1.54, 1.807) is 0 Å². The fourth-order valence-electron chi connectivity index (χ4n) is 2.23. The Bertz CT molecular complexity index is 722. The van der Waals surface area contributed by atoms with Crippen LogP contribution in [0.4, 0.5) is 0 Å². The van der Waals surface area contributed by atoms with Gasteiger partial charge in [0.05, 0.1) is 16.8 Å². The third-order valence-corrected chi connectivity index (χ3v) is 4.16. The zero-order chi connectivity index (χ0) is 13.8. The van der Waals surface area contributed by atoms with Crippen molar-refractivity contribution in [3.05, 3.63) is 73.1 Å². The highest BCUT2D eigenvalue weighted by molar-refractivity contribution is 7.98. The number of hydrogen-bond acceptors (Lipinski definition) is 2. The van der Waals surface area contributed by atoms with Crippen LogP contribution in [-0.2, 0) is 12.3 Å². The fraction of sp³-hybridized carbons (Fsp3) is 0.118. The molecule has 0 atom stereocenters. The monoisotopic (exact) mass is 316 g/mol. The predicted molar refractivity (Wildman–Crippen MR) is 93.2 cm³/mol. The standard InChI is InChI=1S/C17H16N2S.ClH/c1-2-12-19-16-11-7-6-10-15(16)18-17(19)13-20-14-8-4-3-5-9-14;/h2-11H,1,12-13H2;1H. The Labute approximate surface area is 135 Å². The number of allylic oxidation sites excluding steroid dienone is 1. The molecule has 21 heavy (non-hydrogen) atoms. The lowest BCUT2D eigenvalue weighted by Crippen LogP contribution is -2.00. The molecule has 0 saturated heterocycles. The summed E-state index contributed by atoms with van der Waals surface area (Å²) in [6, 6.07) is 18.7. The lowest BCUT2D eigenvalue weighted by Gasteiger charge is -2.06. The van der Waals surface area contributed by atoms with E-state index < -0.39 is 0 Å². The normalized spacial score (nSPS) is 10.3. The van der Waals surface area contributed by atoms with Crippen molar-refractivity contribution >= 4 is 35.2 Å². The molecule has 0 fully saturated rings. The zero-order valence-corrected chi connectivity index (χ0v) is 13.2. The van der Waals surface area contributed by atoms with Crippen LogP contribution in [0.5, 0.6) is 0 Å². The van der Waals surface area contributed by atoms with E-state index in [1.807, 2.05) is 30.0 Å². The van der Waals surface area contributed by atoms with Gasteiger partial charge in [0.2, 0.25) is 0 Å². The Kier molecular flexibility index (Phi) is 5.48. The Balaban J connectivity index is 0.00000161. The second-order valence-electron chi connectivity index (χ2n) is 4.52. The molecule has 2 nitrogen and oxygen atoms in total. The summed E-state index contributed by atoms with van der Waals surface area (Å²) in [5.74, 6) is 1.96. The minimum absolute atomic E-state index is 0. The maximum atomic E-state index is 4.74. The van der Waals surface area contributed by atoms with Crippen molar-refractivity contribution in [3.63, 3.8) is 0 Å². The third kappa shape index (κ3) is 3.49. The highest BCUT2D eigenvalue weighted by Crippen LogP contribution is 2.24. The third-order valence-electron chi connectivity index (χ3n) is 3.16. The van der Waals surface area contributed by atoms with E-state index in [0.717, 1.165) is 23.6 Å². The molecule has 1 heterocycles. The molecule has 2 aromatic carbocycles. The first-order chi connectivity index (χ1) is 9.88. The van der Waals surface area contributed by atoms with Crippen LogP contribution in [-0.4, -0.2) is 9.55 Å². The van der Waals surface area contributed by atoms with Gasteiger partial charge in [0, 0.05) is 11.4 Å². The molecule has 1 aromatic heterocycles. The predicted octanol–water partition coefficient (Wildman–Crippen LogP) is 4.94. The molecule has 0 bridgehead atoms. The lowest BCUT2D eigenvalue weighted by atomic mass is 10.3. The summed E-state index contributed by atoms with van der Waals surface area (Å²) in [4.78, 5) is 6.01. The van der Waals surface area contributed by atoms with E-state index in [9.17, 15) is 0 Å². The molecule has 3 rings (SSSR count). The average Bonchev–Trinajstić information content (AvgIpc) is 2.85. The highest BCUT2D eigenvalue weighted by Gasteiger charge is 2.09. The van der Waals surface area contributed by atoms with Gasteiger partial charge in [-0.1, -0.05) is 36.4 Å². The van der Waals surface area contributed by atoms with Crippen molar-refractivity contribution in [1.29, 1.82) is 0 Å². The van der Waals surface area contributed by atoms with Gasteiger partial charge in [0.25, 0.3) is 0 Å². The first kappa shape index (κ1) is 15.7. The van der Waals surface area contributed by atoms with Crippen molar-refractivity contribution in [3.8, 4) is 0 Å². The number of thioether (sulfide) groups is 1. The van der Waals surface area contributed by atoms with Crippen LogP contribution < -0.4 is 0 Å². The van der Waals surface area contributed by atoms with E-state index in [4.69, 9.17) is 4.98 Å². The van der Waals surface area contributed by atoms with Gasteiger partial charge in [-0.05, 0) is 24.3 Å². The van der Waals surface area contributed by atoms with Crippen LogP contribution in [0.2, 0.25) is 0 Å². The van der Waals surface area contributed by atoms with Gasteiger partial charge in [0.1, 0.15) is 5.82 Å². The van der Waals surface area contributed by atoms with Gasteiger partial charge in [-0.2, -0.15) is 0 Å². The molecule has 0 aliphatic rings. The Hall–Kier alpha value is -1.71. The van der Waals surface area contributed by atoms with Crippen molar-refractivity contribution in [1.82, 2.24) is 9.55 Å². The van der Waals surface area contributed by atoms with Crippen LogP contribution in [0.15, 0.2) is 72.1 Å². The summed E-state index contributed by atoms with van der Waals surface area (Å²) >= 11 is 1.81. The number of benzene rings is 2. The van der Waals surface area contributed by atoms with Crippen molar-refractivity contribution < 1.29 is 0 Å². The van der Waals surface area contributed by atoms with E-state index in [-0.39, 0.29) is 12.4 Å². The van der Waals surface area contributed by atoms with Gasteiger partial charge in [-0.3, -0.25) is 0 Å². The maximum Gasteiger partial charge on any atom is 0.120 e. The summed E-state index contributed by atoms with van der Waals surface area (Å²) in [6.45, 7) is 4.64. The Morgan fingerprint density at radius 3 is 2.52 bits per heavy atom. The van der Waals surface area contributed by atoms with Crippen molar-refractivity contribution in [2.45, 2.75) is 17.2 Å². The molecule has 0 spiro atoms. The molecule has 0 amide bonds. The largest absolute Gasteiger partial charge is 0.323 e. The van der Waals surface area contributed by atoms with Crippen molar-refractivity contribution in [2.75, 3.05) is 0 Å². The molecule has 0 unspecified atom stereocenters.